The fraction of sp³-hybridized carbons (Fsp3) is 0.364. The van der Waals surface area contributed by atoms with Crippen LogP contribution in [0.4, 0.5) is 0 Å². The Labute approximate surface area is 155 Å². The van der Waals surface area contributed by atoms with E-state index in [1.54, 1.807) is 12.1 Å². The van der Waals surface area contributed by atoms with Gasteiger partial charge in [0.2, 0.25) is 0 Å². The third-order valence-corrected chi connectivity index (χ3v) is 5.16. The summed E-state index contributed by atoms with van der Waals surface area (Å²) in [4.78, 5) is 14.2. The fourth-order valence-electron chi connectivity index (χ4n) is 3.72. The molecule has 0 bridgehead atoms. The summed E-state index contributed by atoms with van der Waals surface area (Å²) in [6, 6.07) is 20.3. The van der Waals surface area contributed by atoms with E-state index in [1.807, 2.05) is 18.2 Å². The van der Waals surface area contributed by atoms with Crippen molar-refractivity contribution in [2.24, 2.45) is 5.92 Å². The van der Waals surface area contributed by atoms with Crippen LogP contribution in [0.1, 0.15) is 40.2 Å². The fourth-order valence-corrected chi connectivity index (χ4v) is 3.72. The number of hydrogen-bond acceptors (Lipinski definition) is 4. The van der Waals surface area contributed by atoms with Crippen molar-refractivity contribution in [1.29, 1.82) is 5.26 Å². The van der Waals surface area contributed by atoms with E-state index in [9.17, 15) is 10.1 Å². The maximum Gasteiger partial charge on any atom is 0.337 e. The molecule has 0 aliphatic carbocycles. The highest BCUT2D eigenvalue weighted by Gasteiger charge is 2.28. The number of nitrogens with zero attached hydrogens (tertiary/aromatic N) is 2. The first-order valence-electron chi connectivity index (χ1n) is 9.05. The quantitative estimate of drug-likeness (QED) is 0.767. The van der Waals surface area contributed by atoms with Crippen LogP contribution in [0.15, 0.2) is 54.6 Å². The maximum absolute atomic E-state index is 11.8. The summed E-state index contributed by atoms with van der Waals surface area (Å²) in [7, 11) is 1.37. The molecule has 0 radical (unpaired) electrons. The van der Waals surface area contributed by atoms with E-state index in [1.165, 1.54) is 12.7 Å². The number of benzene rings is 2. The van der Waals surface area contributed by atoms with Gasteiger partial charge >= 0.3 is 5.97 Å². The van der Waals surface area contributed by atoms with Crippen molar-refractivity contribution in [3.05, 3.63) is 71.3 Å². The van der Waals surface area contributed by atoms with Crippen molar-refractivity contribution in [2.45, 2.75) is 25.3 Å². The lowest BCUT2D eigenvalue weighted by Gasteiger charge is -2.34. The van der Waals surface area contributed by atoms with E-state index < -0.39 is 0 Å². The molecule has 1 aliphatic heterocycles. The standard InChI is InChI=1S/C22H24N2O2/c1-26-22(25)20-9-5-8-19(14-20)21(15-23)18-10-12-24(13-11-18)16-17-6-3-2-4-7-17/h2-9,14,18,21H,10-13,16H2,1H3. The maximum atomic E-state index is 11.8. The molecule has 0 spiro atoms. The number of ether oxygens (including phenoxy) is 1. The van der Waals surface area contributed by atoms with Crippen LogP contribution >= 0.6 is 0 Å². The normalized spacial score (nSPS) is 16.6. The molecule has 0 aromatic heterocycles. The van der Waals surface area contributed by atoms with Gasteiger partial charge in [0.05, 0.1) is 24.7 Å². The average molecular weight is 348 g/mol. The summed E-state index contributed by atoms with van der Waals surface area (Å²) < 4.78 is 4.79. The molecule has 1 aliphatic rings. The van der Waals surface area contributed by atoms with Crippen molar-refractivity contribution in [1.82, 2.24) is 4.90 Å². The van der Waals surface area contributed by atoms with Gasteiger partial charge in [-0.1, -0.05) is 42.5 Å². The second-order valence-electron chi connectivity index (χ2n) is 6.82. The van der Waals surface area contributed by atoms with E-state index in [0.717, 1.165) is 38.0 Å². The Morgan fingerprint density at radius 1 is 1.19 bits per heavy atom. The second kappa shape index (κ2) is 8.64. The van der Waals surface area contributed by atoms with Crippen molar-refractivity contribution in [2.75, 3.05) is 20.2 Å². The van der Waals surface area contributed by atoms with Gasteiger partial charge in [-0.05, 0) is 55.1 Å². The predicted molar refractivity (Wildman–Crippen MR) is 101 cm³/mol. The largest absolute Gasteiger partial charge is 0.465 e. The van der Waals surface area contributed by atoms with Crippen LogP contribution in [0.25, 0.3) is 0 Å². The van der Waals surface area contributed by atoms with Gasteiger partial charge in [-0.25, -0.2) is 4.79 Å². The van der Waals surface area contributed by atoms with E-state index >= 15 is 0 Å². The van der Waals surface area contributed by atoms with Gasteiger partial charge in [-0.15, -0.1) is 0 Å². The first-order chi connectivity index (χ1) is 12.7. The third kappa shape index (κ3) is 4.30. The summed E-state index contributed by atoms with van der Waals surface area (Å²) >= 11 is 0. The zero-order valence-electron chi connectivity index (χ0n) is 15.1. The van der Waals surface area contributed by atoms with Crippen LogP contribution in [-0.4, -0.2) is 31.1 Å². The molecule has 1 saturated heterocycles. The lowest BCUT2D eigenvalue weighted by Crippen LogP contribution is -2.35. The van der Waals surface area contributed by atoms with Gasteiger partial charge in [0.1, 0.15) is 0 Å². The van der Waals surface area contributed by atoms with Crippen molar-refractivity contribution in [3.63, 3.8) is 0 Å². The molecular formula is C22H24N2O2. The van der Waals surface area contributed by atoms with E-state index in [-0.39, 0.29) is 11.9 Å². The van der Waals surface area contributed by atoms with Crippen LogP contribution in [-0.2, 0) is 11.3 Å². The molecule has 3 rings (SSSR count). The molecule has 1 unspecified atom stereocenters. The van der Waals surface area contributed by atoms with Gasteiger partial charge in [-0.2, -0.15) is 5.26 Å². The summed E-state index contributed by atoms with van der Waals surface area (Å²) in [6.45, 7) is 2.95. The van der Waals surface area contributed by atoms with Crippen LogP contribution in [0.3, 0.4) is 0 Å². The SMILES string of the molecule is COC(=O)c1cccc(C(C#N)C2CCN(Cc3ccccc3)CC2)c1. The molecular weight excluding hydrogens is 324 g/mol. The van der Waals surface area contributed by atoms with E-state index in [2.05, 4.69) is 35.2 Å². The highest BCUT2D eigenvalue weighted by atomic mass is 16.5. The molecule has 26 heavy (non-hydrogen) atoms. The zero-order chi connectivity index (χ0) is 18.4. The summed E-state index contributed by atoms with van der Waals surface area (Å²) in [5.74, 6) is -0.223. The molecule has 1 heterocycles. The second-order valence-corrected chi connectivity index (χ2v) is 6.82. The molecule has 134 valence electrons. The zero-order valence-corrected chi connectivity index (χ0v) is 15.1. The average Bonchev–Trinajstić information content (AvgIpc) is 2.70. The molecule has 4 heteroatoms. The number of carbonyl (C=O) groups excluding carboxylic acids is 1. The predicted octanol–water partition coefficient (Wildman–Crippen LogP) is 3.99. The molecule has 4 nitrogen and oxygen atoms in total. The monoisotopic (exact) mass is 348 g/mol. The summed E-state index contributed by atoms with van der Waals surface area (Å²) in [6.07, 6.45) is 1.99. The molecule has 1 fully saturated rings. The molecule has 1 atom stereocenters. The number of methoxy groups -OCH3 is 1. The Hall–Kier alpha value is -2.64. The minimum Gasteiger partial charge on any atom is -0.465 e. The van der Waals surface area contributed by atoms with Gasteiger partial charge in [-0.3, -0.25) is 4.90 Å². The minimum atomic E-state index is -0.360. The Balaban J connectivity index is 1.64. The van der Waals surface area contributed by atoms with Crippen LogP contribution in [0.5, 0.6) is 0 Å². The van der Waals surface area contributed by atoms with Crippen molar-refractivity contribution in [3.8, 4) is 6.07 Å². The van der Waals surface area contributed by atoms with Gasteiger partial charge < -0.3 is 4.74 Å². The third-order valence-electron chi connectivity index (χ3n) is 5.16. The lowest BCUT2D eigenvalue weighted by atomic mass is 9.80. The molecule has 2 aromatic rings. The number of rotatable bonds is 5. The Kier molecular flexibility index (Phi) is 6.04. The van der Waals surface area contributed by atoms with Crippen molar-refractivity contribution >= 4 is 5.97 Å². The number of nitriles is 1. The summed E-state index contributed by atoms with van der Waals surface area (Å²) in [5, 5.41) is 9.74. The number of esters is 1. The number of likely N-dealkylation sites (tertiary alicyclic amines) is 1. The topological polar surface area (TPSA) is 53.3 Å². The van der Waals surface area contributed by atoms with E-state index in [0.29, 0.717) is 11.5 Å². The van der Waals surface area contributed by atoms with Crippen LogP contribution in [0.2, 0.25) is 0 Å². The van der Waals surface area contributed by atoms with Gasteiger partial charge in [0.15, 0.2) is 0 Å². The van der Waals surface area contributed by atoms with Crippen LogP contribution in [0, 0.1) is 17.2 Å². The van der Waals surface area contributed by atoms with Gasteiger partial charge in [0, 0.05) is 6.54 Å². The Morgan fingerprint density at radius 2 is 1.92 bits per heavy atom. The number of carbonyl (C=O) groups is 1. The Bertz CT molecular complexity index is 774. The molecule has 0 saturated carbocycles. The first kappa shape index (κ1) is 18.2. The molecule has 0 amide bonds. The Morgan fingerprint density at radius 3 is 2.58 bits per heavy atom. The van der Waals surface area contributed by atoms with Crippen molar-refractivity contribution < 1.29 is 9.53 Å². The lowest BCUT2D eigenvalue weighted by molar-refractivity contribution is 0.0600. The number of hydrogen-bond donors (Lipinski definition) is 0. The number of piperidine rings is 1. The molecule has 2 aromatic carbocycles. The summed E-state index contributed by atoms with van der Waals surface area (Å²) in [5.41, 5.74) is 2.75. The van der Waals surface area contributed by atoms with Gasteiger partial charge in [0.25, 0.3) is 0 Å². The van der Waals surface area contributed by atoms with E-state index in [4.69, 9.17) is 4.74 Å². The highest BCUT2D eigenvalue weighted by molar-refractivity contribution is 5.89. The molecule has 0 N–H and O–H groups in total. The van der Waals surface area contributed by atoms with Crippen LogP contribution < -0.4 is 0 Å². The highest BCUT2D eigenvalue weighted by Crippen LogP contribution is 2.33. The smallest absolute Gasteiger partial charge is 0.337 e. The minimum absolute atomic E-state index is 0.182. The first-order valence-corrected chi connectivity index (χ1v) is 9.05.